The zero-order chi connectivity index (χ0) is 47.3. The summed E-state index contributed by atoms with van der Waals surface area (Å²) in [5.41, 5.74) is 2.51. The molecule has 3 aromatic carbocycles. The molecule has 0 spiro atoms. The number of fused-ring (bicyclic) bond motifs is 2. The summed E-state index contributed by atoms with van der Waals surface area (Å²) in [5, 5.41) is 45.8. The van der Waals surface area contributed by atoms with E-state index in [1.54, 1.807) is 53.5 Å². The number of aliphatic hydroxyl groups is 3. The van der Waals surface area contributed by atoms with E-state index in [0.717, 1.165) is 36.8 Å². The predicted molar refractivity (Wildman–Crippen MR) is 248 cm³/mol. The minimum absolute atomic E-state index is 0.00645. The molecule has 2 aliphatic carbocycles. The number of aliphatic hydroxyl groups excluding tert-OH is 3. The number of halogens is 1. The van der Waals surface area contributed by atoms with Gasteiger partial charge in [-0.15, -0.1) is 6.58 Å². The lowest BCUT2D eigenvalue weighted by atomic mass is 9.55. The van der Waals surface area contributed by atoms with Gasteiger partial charge in [0.05, 0.1) is 43.0 Å². The molecule has 6 atom stereocenters. The third-order valence-electron chi connectivity index (χ3n) is 12.3. The van der Waals surface area contributed by atoms with Gasteiger partial charge in [-0.2, -0.15) is 0 Å². The maximum absolute atomic E-state index is 14.9. The number of ether oxygens (including phenoxy) is 4. The second kappa shape index (κ2) is 23.3. The van der Waals surface area contributed by atoms with Gasteiger partial charge in [0.25, 0.3) is 5.69 Å². The fraction of sp³-hybridized carbons (Fsp3) is 0.490. The first kappa shape index (κ1) is 50.0. The van der Waals surface area contributed by atoms with Crippen molar-refractivity contribution in [3.8, 4) is 11.5 Å². The molecule has 356 valence electrons. The molecule has 15 heteroatoms. The summed E-state index contributed by atoms with van der Waals surface area (Å²) in [6.07, 6.45) is 11.2. The zero-order valence-electron chi connectivity index (χ0n) is 38.2. The third-order valence-corrected chi connectivity index (χ3v) is 12.3. The van der Waals surface area contributed by atoms with Crippen molar-refractivity contribution in [2.24, 2.45) is 22.9 Å². The first-order chi connectivity index (χ1) is 31.8. The van der Waals surface area contributed by atoms with Crippen molar-refractivity contribution < 1.29 is 53.2 Å². The van der Waals surface area contributed by atoms with Crippen molar-refractivity contribution in [3.05, 3.63) is 130 Å². The second-order valence-electron chi connectivity index (χ2n) is 17.9. The number of hydrogen-bond acceptors (Lipinski definition) is 12. The summed E-state index contributed by atoms with van der Waals surface area (Å²) in [6, 6.07) is 17.0. The van der Waals surface area contributed by atoms with Gasteiger partial charge in [-0.3, -0.25) is 14.9 Å². The largest absolute Gasteiger partial charge is 0.489 e. The van der Waals surface area contributed by atoms with Crippen molar-refractivity contribution in [1.82, 2.24) is 4.90 Å². The van der Waals surface area contributed by atoms with E-state index in [1.807, 2.05) is 32.9 Å². The molecule has 6 unspecified atom stereocenters. The Morgan fingerprint density at radius 2 is 1.76 bits per heavy atom. The lowest BCUT2D eigenvalue weighted by molar-refractivity contribution is -0.384. The van der Waals surface area contributed by atoms with Crippen LogP contribution in [0.1, 0.15) is 88.3 Å². The molecule has 0 saturated heterocycles. The average Bonchev–Trinajstić information content (AvgIpc) is 3.30. The Morgan fingerprint density at radius 1 is 1.02 bits per heavy atom. The van der Waals surface area contributed by atoms with Gasteiger partial charge in [0.15, 0.2) is 0 Å². The Bertz CT molecular complexity index is 2210. The number of nitro benzene ring substituents is 1. The number of carbonyl (C=O) groups excluding carboxylic acids is 1. The van der Waals surface area contributed by atoms with Gasteiger partial charge in [0, 0.05) is 61.4 Å². The van der Waals surface area contributed by atoms with Gasteiger partial charge in [-0.05, 0) is 112 Å². The van der Waals surface area contributed by atoms with Crippen LogP contribution in [-0.2, 0) is 25.7 Å². The number of oxime groups is 1. The van der Waals surface area contributed by atoms with Gasteiger partial charge in [0.2, 0.25) is 11.7 Å². The Balaban J connectivity index is 1.57. The van der Waals surface area contributed by atoms with Gasteiger partial charge in [0.1, 0.15) is 35.6 Å². The summed E-state index contributed by atoms with van der Waals surface area (Å²) < 4.78 is 41.2. The van der Waals surface area contributed by atoms with Crippen LogP contribution in [0.3, 0.4) is 0 Å². The highest BCUT2D eigenvalue weighted by molar-refractivity contribution is 6.03. The Hall–Kier alpha value is -5.45. The van der Waals surface area contributed by atoms with E-state index in [2.05, 4.69) is 12.7 Å². The molecule has 1 heterocycles. The van der Waals surface area contributed by atoms with Gasteiger partial charge < -0.3 is 44.0 Å². The number of nitro groups is 1. The summed E-state index contributed by atoms with van der Waals surface area (Å²) in [6.45, 7) is 9.79. The van der Waals surface area contributed by atoms with Crippen molar-refractivity contribution >= 4 is 23.4 Å². The van der Waals surface area contributed by atoms with Crippen molar-refractivity contribution in [2.75, 3.05) is 46.2 Å². The molecule has 0 radical (unpaired) electrons. The number of allylic oxidation sites excluding steroid dienone is 1. The zero-order valence-corrected chi connectivity index (χ0v) is 38.2. The molecule has 66 heavy (non-hydrogen) atoms. The van der Waals surface area contributed by atoms with Crippen LogP contribution in [0.15, 0.2) is 102 Å². The normalized spacial score (nSPS) is 22.8. The number of rotatable bonds is 24. The molecule has 3 N–H and O–H groups in total. The number of carbonyl (C=O) groups is 1. The van der Waals surface area contributed by atoms with Crippen LogP contribution in [0.4, 0.5) is 10.1 Å². The maximum atomic E-state index is 14.9. The fourth-order valence-electron chi connectivity index (χ4n) is 9.43. The van der Waals surface area contributed by atoms with Crippen LogP contribution in [0.2, 0.25) is 0 Å². The number of nitrogens with zero attached hydrogens (tertiary/aromatic N) is 3. The molecule has 1 amide bonds. The molecule has 0 bridgehead atoms. The molecular formula is C51H64FN3O11. The number of unbranched alkanes of at least 4 members (excludes halogenated alkanes) is 2. The van der Waals surface area contributed by atoms with E-state index in [0.29, 0.717) is 41.2 Å². The van der Waals surface area contributed by atoms with Crippen LogP contribution < -0.4 is 9.47 Å². The molecule has 3 aromatic rings. The monoisotopic (exact) mass is 913 g/mol. The first-order valence-electron chi connectivity index (χ1n) is 22.9. The smallest absolute Gasteiger partial charge is 0.269 e. The predicted octanol–water partition coefficient (Wildman–Crippen LogP) is 8.30. The maximum Gasteiger partial charge on any atom is 0.269 e. The molecule has 1 aliphatic heterocycles. The van der Waals surface area contributed by atoms with E-state index in [1.165, 1.54) is 24.3 Å². The van der Waals surface area contributed by atoms with Gasteiger partial charge in [-0.25, -0.2) is 4.39 Å². The first-order valence-corrected chi connectivity index (χ1v) is 22.9. The van der Waals surface area contributed by atoms with E-state index in [-0.39, 0.29) is 88.5 Å². The van der Waals surface area contributed by atoms with Crippen LogP contribution in [0.25, 0.3) is 6.08 Å². The topological polar surface area (TPSA) is 183 Å². The summed E-state index contributed by atoms with van der Waals surface area (Å²) in [5.74, 6) is -2.34. The molecule has 3 aliphatic rings. The van der Waals surface area contributed by atoms with E-state index in [9.17, 15) is 34.6 Å². The Labute approximate surface area is 386 Å². The summed E-state index contributed by atoms with van der Waals surface area (Å²) in [7, 11) is 0. The van der Waals surface area contributed by atoms with Crippen LogP contribution in [-0.4, -0.2) is 100 Å². The summed E-state index contributed by atoms with van der Waals surface area (Å²) in [4.78, 5) is 33.6. The highest BCUT2D eigenvalue weighted by atomic mass is 19.1. The molecule has 6 rings (SSSR count). The van der Waals surface area contributed by atoms with E-state index in [4.69, 9.17) is 28.9 Å². The van der Waals surface area contributed by atoms with Crippen LogP contribution in [0, 0.1) is 33.7 Å². The molecule has 1 fully saturated rings. The minimum atomic E-state index is -1.56. The third kappa shape index (κ3) is 12.1. The van der Waals surface area contributed by atoms with Crippen LogP contribution >= 0.6 is 0 Å². The molecular weight excluding hydrogens is 850 g/mol. The number of hydrogen-bond donors (Lipinski definition) is 3. The number of benzene rings is 3. The summed E-state index contributed by atoms with van der Waals surface area (Å²) >= 11 is 0. The standard InChI is InChI=1S/C51H64FN3O11/c1-5-28-64-51-46(54(24-29-62-30-27-58)47(59)23-18-35-16-19-38(20-17-35)55(60)61)33-44(53-66-50(2,3)4)41-31-36(12-8-10-25-56)40(14-9-11-26-57)48(49(41)51)42-32-39(21-22-45(42)65-51)63-34-37-13-6-7-15-43(37)52/h5-7,13,15-23,31-32,36,40,46,48-49,56-58H,1,8-12,14,24-30,33-34H2,2-4H3. The van der Waals surface area contributed by atoms with Crippen molar-refractivity contribution in [2.45, 2.75) is 95.7 Å². The lowest BCUT2D eigenvalue weighted by Gasteiger charge is -2.60. The highest BCUT2D eigenvalue weighted by Crippen LogP contribution is 2.62. The fourth-order valence-corrected chi connectivity index (χ4v) is 9.43. The Morgan fingerprint density at radius 3 is 2.44 bits per heavy atom. The van der Waals surface area contributed by atoms with Crippen LogP contribution in [0.5, 0.6) is 11.5 Å². The Kier molecular flexibility index (Phi) is 17.7. The average molecular weight is 914 g/mol. The lowest BCUT2D eigenvalue weighted by Crippen LogP contribution is -2.70. The highest BCUT2D eigenvalue weighted by Gasteiger charge is 2.65. The van der Waals surface area contributed by atoms with Crippen molar-refractivity contribution in [1.29, 1.82) is 0 Å². The molecule has 1 saturated carbocycles. The minimum Gasteiger partial charge on any atom is -0.489 e. The quantitative estimate of drug-likeness (QED) is 0.0259. The van der Waals surface area contributed by atoms with E-state index < -0.39 is 34.2 Å². The van der Waals surface area contributed by atoms with Gasteiger partial charge in [-0.1, -0.05) is 48.3 Å². The molecule has 0 aromatic heterocycles. The number of amides is 1. The van der Waals surface area contributed by atoms with Crippen molar-refractivity contribution in [3.63, 3.8) is 0 Å². The van der Waals surface area contributed by atoms with E-state index >= 15 is 0 Å². The number of non-ortho nitro benzene ring substituents is 1. The molecule has 14 nitrogen and oxygen atoms in total. The van der Waals surface area contributed by atoms with Gasteiger partial charge >= 0.3 is 0 Å². The SMILES string of the molecule is C=CCOC12Oc3ccc(OCc4ccccc4F)cc3C3C(CCCCO)C(CCCCO)C=C(C(=NOC(C)(C)C)CC1N(CCOCCO)C(=O)C=Cc1ccc([N+](=O)[O-])cc1)C32. The second-order valence-corrected chi connectivity index (χ2v) is 17.9.